The Morgan fingerprint density at radius 3 is 2.89 bits per heavy atom. The first-order chi connectivity index (χ1) is 8.58. The van der Waals surface area contributed by atoms with Crippen LogP contribution in [0.15, 0.2) is 18.2 Å². The van der Waals surface area contributed by atoms with E-state index >= 15 is 0 Å². The van der Waals surface area contributed by atoms with Crippen molar-refractivity contribution in [3.05, 3.63) is 28.8 Å². The molecule has 0 saturated heterocycles. The number of benzene rings is 1. The molecule has 94 valence electrons. The first-order valence-corrected chi connectivity index (χ1v) is 5.31. The number of carboxylic acids is 1. The minimum absolute atomic E-state index is 0.0698. The van der Waals surface area contributed by atoms with Crippen molar-refractivity contribution >= 4 is 23.6 Å². The number of halogens is 1. The van der Waals surface area contributed by atoms with Gasteiger partial charge in [0.25, 0.3) is 0 Å². The lowest BCUT2D eigenvalue weighted by Gasteiger charge is -2.11. The summed E-state index contributed by atoms with van der Waals surface area (Å²) in [4.78, 5) is 10.4. The molecule has 0 radical (unpaired) electrons. The number of hydrogen-bond donors (Lipinski definition) is 1. The second-order valence-corrected chi connectivity index (χ2v) is 3.61. The number of methoxy groups -OCH3 is 1. The van der Waals surface area contributed by atoms with Gasteiger partial charge in [0.1, 0.15) is 6.61 Å². The van der Waals surface area contributed by atoms with Crippen LogP contribution in [0.25, 0.3) is 6.08 Å². The van der Waals surface area contributed by atoms with Gasteiger partial charge in [-0.25, -0.2) is 4.79 Å². The Kier molecular flexibility index (Phi) is 5.09. The molecule has 1 aromatic rings. The van der Waals surface area contributed by atoms with Crippen LogP contribution in [0.1, 0.15) is 5.56 Å². The Labute approximate surface area is 110 Å². The molecule has 0 heterocycles. The molecule has 0 saturated carbocycles. The van der Waals surface area contributed by atoms with E-state index in [1.54, 1.807) is 12.1 Å². The highest BCUT2D eigenvalue weighted by molar-refractivity contribution is 6.32. The lowest BCUT2D eigenvalue weighted by Crippen LogP contribution is -1.98. The van der Waals surface area contributed by atoms with Crippen LogP contribution < -0.4 is 9.47 Å². The van der Waals surface area contributed by atoms with Crippen LogP contribution in [0.2, 0.25) is 5.02 Å². The average Bonchev–Trinajstić information content (AvgIpc) is 2.34. The minimum Gasteiger partial charge on any atom is -0.493 e. The summed E-state index contributed by atoms with van der Waals surface area (Å²) in [5, 5.41) is 8.84. The van der Waals surface area contributed by atoms with Crippen LogP contribution in [0.4, 0.5) is 0 Å². The Balaban J connectivity index is 3.10. The molecule has 0 aliphatic heterocycles. The van der Waals surface area contributed by atoms with Crippen LogP contribution in [0.3, 0.4) is 0 Å². The minimum atomic E-state index is -1.04. The van der Waals surface area contributed by atoms with Crippen molar-refractivity contribution in [3.63, 3.8) is 0 Å². The van der Waals surface area contributed by atoms with Crippen molar-refractivity contribution in [2.45, 2.75) is 0 Å². The first kappa shape index (κ1) is 13.9. The van der Waals surface area contributed by atoms with E-state index in [1.807, 2.05) is 0 Å². The second kappa shape index (κ2) is 6.58. The summed E-state index contributed by atoms with van der Waals surface area (Å²) in [6.07, 6.45) is 7.50. The molecule has 0 aliphatic carbocycles. The number of ether oxygens (including phenoxy) is 2. The molecule has 0 spiro atoms. The third-order valence-corrected chi connectivity index (χ3v) is 2.25. The Morgan fingerprint density at radius 1 is 1.61 bits per heavy atom. The molecule has 1 N–H and O–H groups in total. The topological polar surface area (TPSA) is 55.8 Å². The van der Waals surface area contributed by atoms with Gasteiger partial charge in [-0.3, -0.25) is 0 Å². The smallest absolute Gasteiger partial charge is 0.328 e. The van der Waals surface area contributed by atoms with E-state index in [0.29, 0.717) is 22.1 Å². The monoisotopic (exact) mass is 266 g/mol. The van der Waals surface area contributed by atoms with E-state index in [9.17, 15) is 4.79 Å². The van der Waals surface area contributed by atoms with E-state index < -0.39 is 5.97 Å². The first-order valence-electron chi connectivity index (χ1n) is 4.93. The van der Waals surface area contributed by atoms with Crippen LogP contribution >= 0.6 is 11.6 Å². The number of rotatable bonds is 5. The molecular weight excluding hydrogens is 256 g/mol. The van der Waals surface area contributed by atoms with Gasteiger partial charge < -0.3 is 14.6 Å². The third kappa shape index (κ3) is 3.72. The van der Waals surface area contributed by atoms with Crippen molar-refractivity contribution in [2.75, 3.05) is 13.7 Å². The molecule has 0 aliphatic rings. The summed E-state index contributed by atoms with van der Waals surface area (Å²) >= 11 is 6.01. The standard InChI is InChI=1S/C13H11ClO4/c1-3-6-18-13-10(14)7-9(4-5-12(15)16)8-11(13)17-2/h1,4-5,7-8H,6H2,2H3,(H,15,16). The van der Waals surface area contributed by atoms with Gasteiger partial charge >= 0.3 is 5.97 Å². The summed E-state index contributed by atoms with van der Waals surface area (Å²) in [5.41, 5.74) is 0.590. The molecule has 0 bridgehead atoms. The Bertz CT molecular complexity index is 514. The zero-order chi connectivity index (χ0) is 13.5. The summed E-state index contributed by atoms with van der Waals surface area (Å²) < 4.78 is 10.4. The van der Waals surface area contributed by atoms with Gasteiger partial charge in [0.05, 0.1) is 12.1 Å². The molecule has 0 unspecified atom stereocenters. The maximum Gasteiger partial charge on any atom is 0.328 e. The maximum atomic E-state index is 10.4. The van der Waals surface area contributed by atoms with Gasteiger partial charge in [0.2, 0.25) is 0 Å². The summed E-state index contributed by atoms with van der Waals surface area (Å²) in [5.74, 6) is 2.01. The molecular formula is C13H11ClO4. The number of carboxylic acid groups (broad SMARTS) is 1. The molecule has 5 heteroatoms. The molecule has 0 fully saturated rings. The lowest BCUT2D eigenvalue weighted by atomic mass is 10.2. The summed E-state index contributed by atoms with van der Waals surface area (Å²) in [7, 11) is 1.46. The SMILES string of the molecule is C#CCOc1c(Cl)cc(C=CC(=O)O)cc1OC. The van der Waals surface area contributed by atoms with E-state index in [4.69, 9.17) is 32.6 Å². The molecule has 1 aromatic carbocycles. The highest BCUT2D eigenvalue weighted by Gasteiger charge is 2.10. The Hall–Kier alpha value is -2.12. The van der Waals surface area contributed by atoms with Gasteiger partial charge in [-0.15, -0.1) is 6.42 Å². The number of hydrogen-bond acceptors (Lipinski definition) is 3. The quantitative estimate of drug-likeness (QED) is 0.657. The zero-order valence-corrected chi connectivity index (χ0v) is 10.4. The van der Waals surface area contributed by atoms with Gasteiger partial charge in [0, 0.05) is 6.08 Å². The van der Waals surface area contributed by atoms with E-state index in [2.05, 4.69) is 5.92 Å². The summed E-state index contributed by atoms with van der Waals surface area (Å²) in [6, 6.07) is 3.17. The largest absolute Gasteiger partial charge is 0.493 e. The molecule has 4 nitrogen and oxygen atoms in total. The molecule has 0 aromatic heterocycles. The molecule has 0 amide bonds. The third-order valence-electron chi connectivity index (χ3n) is 1.97. The highest BCUT2D eigenvalue weighted by atomic mass is 35.5. The molecule has 0 atom stereocenters. The average molecular weight is 267 g/mol. The number of terminal acetylenes is 1. The van der Waals surface area contributed by atoms with Gasteiger partial charge in [-0.2, -0.15) is 0 Å². The predicted molar refractivity (Wildman–Crippen MR) is 69.0 cm³/mol. The van der Waals surface area contributed by atoms with E-state index in [-0.39, 0.29) is 6.61 Å². The van der Waals surface area contributed by atoms with Gasteiger partial charge in [0.15, 0.2) is 11.5 Å². The number of aliphatic carboxylic acids is 1. The van der Waals surface area contributed by atoms with Gasteiger partial charge in [-0.05, 0) is 23.8 Å². The van der Waals surface area contributed by atoms with E-state index in [0.717, 1.165) is 6.08 Å². The normalized spacial score (nSPS) is 10.1. The van der Waals surface area contributed by atoms with Crippen molar-refractivity contribution < 1.29 is 19.4 Å². The molecule has 18 heavy (non-hydrogen) atoms. The van der Waals surface area contributed by atoms with Crippen molar-refractivity contribution in [1.29, 1.82) is 0 Å². The van der Waals surface area contributed by atoms with Crippen LogP contribution in [0, 0.1) is 12.3 Å². The highest BCUT2D eigenvalue weighted by Crippen LogP contribution is 2.36. The van der Waals surface area contributed by atoms with Crippen molar-refractivity contribution in [1.82, 2.24) is 0 Å². The van der Waals surface area contributed by atoms with Crippen LogP contribution in [-0.2, 0) is 4.79 Å². The maximum absolute atomic E-state index is 10.4. The van der Waals surface area contributed by atoms with Crippen LogP contribution in [-0.4, -0.2) is 24.8 Å². The van der Waals surface area contributed by atoms with Gasteiger partial charge in [-0.1, -0.05) is 17.5 Å². The van der Waals surface area contributed by atoms with Crippen LogP contribution in [0.5, 0.6) is 11.5 Å². The van der Waals surface area contributed by atoms with Crippen molar-refractivity contribution in [3.8, 4) is 23.8 Å². The number of carbonyl (C=O) groups is 1. The fourth-order valence-electron chi connectivity index (χ4n) is 1.26. The van der Waals surface area contributed by atoms with E-state index in [1.165, 1.54) is 13.2 Å². The summed E-state index contributed by atoms with van der Waals surface area (Å²) in [6.45, 7) is 0.0698. The predicted octanol–water partition coefficient (Wildman–Crippen LogP) is 2.46. The second-order valence-electron chi connectivity index (χ2n) is 3.20. The fraction of sp³-hybridized carbons (Fsp3) is 0.154. The van der Waals surface area contributed by atoms with Crippen molar-refractivity contribution in [2.24, 2.45) is 0 Å². The zero-order valence-electron chi connectivity index (χ0n) is 9.64. The Morgan fingerprint density at radius 2 is 2.33 bits per heavy atom. The fourth-order valence-corrected chi connectivity index (χ4v) is 1.53. The lowest BCUT2D eigenvalue weighted by molar-refractivity contribution is -0.131. The molecule has 1 rings (SSSR count).